The number of hydrogen-bond donors (Lipinski definition) is 4. The van der Waals surface area contributed by atoms with E-state index in [1.807, 2.05) is 0 Å². The number of fused-ring (bicyclic) bond motifs is 1. The normalized spacial score (nSPS) is 14.3. The summed E-state index contributed by atoms with van der Waals surface area (Å²) in [6.07, 6.45) is -1.94. The molecule has 0 amide bonds. The van der Waals surface area contributed by atoms with Crippen molar-refractivity contribution >= 4 is 10.9 Å². The summed E-state index contributed by atoms with van der Waals surface area (Å²) < 4.78 is 4.47. The molecule has 2 unspecified atom stereocenters. The third kappa shape index (κ3) is 2.79. The van der Waals surface area contributed by atoms with Gasteiger partial charge in [0.2, 0.25) is 0 Å². The Labute approximate surface area is 113 Å². The first-order valence-corrected chi connectivity index (χ1v) is 6.21. The molecule has 1 heterocycles. The first kappa shape index (κ1) is 14.4. The van der Waals surface area contributed by atoms with Gasteiger partial charge in [-0.25, -0.2) is 9.59 Å². The number of H-pyrrole nitrogens is 1. The second kappa shape index (κ2) is 6.00. The van der Waals surface area contributed by atoms with Crippen LogP contribution in [0.2, 0.25) is 0 Å². The molecule has 0 saturated heterocycles. The summed E-state index contributed by atoms with van der Waals surface area (Å²) in [6.45, 7) is 0.522. The van der Waals surface area contributed by atoms with Gasteiger partial charge in [0.25, 0.3) is 0 Å². The molecule has 0 saturated carbocycles. The molecule has 2 rings (SSSR count). The highest BCUT2D eigenvalue weighted by Crippen LogP contribution is 2.23. The average molecular weight is 280 g/mol. The average Bonchev–Trinajstić information content (AvgIpc) is 2.42. The molecule has 0 aliphatic heterocycles. The summed E-state index contributed by atoms with van der Waals surface area (Å²) in [5.41, 5.74) is -0.334. The Bertz CT molecular complexity index is 706. The minimum atomic E-state index is -1.24. The zero-order valence-corrected chi connectivity index (χ0v) is 10.9. The van der Waals surface area contributed by atoms with E-state index < -0.39 is 23.6 Å². The Morgan fingerprint density at radius 3 is 2.80 bits per heavy atom. The van der Waals surface area contributed by atoms with Crippen LogP contribution < -0.4 is 16.7 Å². The van der Waals surface area contributed by atoms with Crippen molar-refractivity contribution in [2.45, 2.75) is 18.6 Å². The fraction of sp³-hybridized carbons (Fsp3) is 0.385. The van der Waals surface area contributed by atoms with Crippen molar-refractivity contribution in [3.8, 4) is 0 Å². The summed E-state index contributed by atoms with van der Waals surface area (Å²) in [7, 11) is 1.73. The van der Waals surface area contributed by atoms with E-state index in [0.29, 0.717) is 13.0 Å². The van der Waals surface area contributed by atoms with Crippen molar-refractivity contribution in [3.05, 3.63) is 44.7 Å². The van der Waals surface area contributed by atoms with Crippen LogP contribution >= 0.6 is 0 Å². The lowest BCUT2D eigenvalue weighted by atomic mass is 9.99. The zero-order chi connectivity index (χ0) is 14.7. The SMILES string of the molecule is CNCCC(O)C(O)c1cccc2[nH]c(=O)oc(=O)c12. The predicted octanol–water partition coefficient (Wildman–Crippen LogP) is -0.515. The van der Waals surface area contributed by atoms with E-state index in [-0.39, 0.29) is 16.5 Å². The molecule has 2 aromatic rings. The Balaban J connectivity index is 2.49. The minimum Gasteiger partial charge on any atom is -0.390 e. The number of aliphatic hydroxyl groups excluding tert-OH is 2. The highest BCUT2D eigenvalue weighted by atomic mass is 16.4. The van der Waals surface area contributed by atoms with Crippen LogP contribution in [0.25, 0.3) is 10.9 Å². The van der Waals surface area contributed by atoms with Crippen molar-refractivity contribution in [1.82, 2.24) is 10.3 Å². The van der Waals surface area contributed by atoms with Gasteiger partial charge in [0.15, 0.2) is 0 Å². The summed E-state index contributed by atoms with van der Waals surface area (Å²) >= 11 is 0. The Morgan fingerprint density at radius 2 is 2.10 bits per heavy atom. The monoisotopic (exact) mass is 280 g/mol. The molecule has 0 spiro atoms. The van der Waals surface area contributed by atoms with Gasteiger partial charge in [0.1, 0.15) is 6.10 Å². The van der Waals surface area contributed by atoms with Crippen LogP contribution in [-0.4, -0.2) is 34.9 Å². The van der Waals surface area contributed by atoms with E-state index in [1.54, 1.807) is 13.1 Å². The van der Waals surface area contributed by atoms with Crippen LogP contribution in [-0.2, 0) is 0 Å². The predicted molar refractivity (Wildman–Crippen MR) is 72.6 cm³/mol. The Morgan fingerprint density at radius 1 is 1.35 bits per heavy atom. The molecule has 0 aliphatic carbocycles. The first-order chi connectivity index (χ1) is 9.54. The maximum absolute atomic E-state index is 11.8. The van der Waals surface area contributed by atoms with E-state index >= 15 is 0 Å². The van der Waals surface area contributed by atoms with Gasteiger partial charge in [-0.1, -0.05) is 12.1 Å². The van der Waals surface area contributed by atoms with Crippen molar-refractivity contribution in [2.24, 2.45) is 0 Å². The molecule has 0 fully saturated rings. The standard InChI is InChI=1S/C13H16N2O5/c1-14-6-5-9(16)11(17)7-3-2-4-8-10(7)12(18)20-13(19)15-8/h2-4,9,11,14,16-17H,5-6H2,1H3,(H,15,19). The van der Waals surface area contributed by atoms with Gasteiger partial charge in [0, 0.05) is 0 Å². The van der Waals surface area contributed by atoms with Gasteiger partial charge in [-0.15, -0.1) is 0 Å². The van der Waals surface area contributed by atoms with Gasteiger partial charge < -0.3 is 19.9 Å². The quantitative estimate of drug-likeness (QED) is 0.586. The van der Waals surface area contributed by atoms with Crippen molar-refractivity contribution < 1.29 is 14.6 Å². The smallest absolute Gasteiger partial charge is 0.390 e. The van der Waals surface area contributed by atoms with Crippen LogP contribution in [0.3, 0.4) is 0 Å². The number of benzene rings is 1. The number of rotatable bonds is 5. The second-order valence-electron chi connectivity index (χ2n) is 4.48. The fourth-order valence-electron chi connectivity index (χ4n) is 2.08. The summed E-state index contributed by atoms with van der Waals surface area (Å²) in [6, 6.07) is 4.63. The highest BCUT2D eigenvalue weighted by molar-refractivity contribution is 5.81. The third-order valence-corrected chi connectivity index (χ3v) is 3.10. The molecule has 0 aliphatic rings. The van der Waals surface area contributed by atoms with Crippen LogP contribution in [0.5, 0.6) is 0 Å². The highest BCUT2D eigenvalue weighted by Gasteiger charge is 2.22. The molecule has 108 valence electrons. The van der Waals surface area contributed by atoms with E-state index in [4.69, 9.17) is 0 Å². The Kier molecular flexibility index (Phi) is 4.33. The van der Waals surface area contributed by atoms with Gasteiger partial charge in [0.05, 0.1) is 17.0 Å². The third-order valence-electron chi connectivity index (χ3n) is 3.10. The molecule has 20 heavy (non-hydrogen) atoms. The molecular weight excluding hydrogens is 264 g/mol. The van der Waals surface area contributed by atoms with Gasteiger partial charge in [-0.2, -0.15) is 0 Å². The topological polar surface area (TPSA) is 116 Å². The second-order valence-corrected chi connectivity index (χ2v) is 4.48. The number of hydrogen-bond acceptors (Lipinski definition) is 6. The fourth-order valence-corrected chi connectivity index (χ4v) is 2.08. The molecule has 2 atom stereocenters. The van der Waals surface area contributed by atoms with Crippen molar-refractivity contribution in [3.63, 3.8) is 0 Å². The van der Waals surface area contributed by atoms with Crippen LogP contribution in [0, 0.1) is 0 Å². The number of nitrogens with one attached hydrogen (secondary N) is 2. The lowest BCUT2D eigenvalue weighted by Gasteiger charge is -2.18. The Hall–Kier alpha value is -1.96. The zero-order valence-electron chi connectivity index (χ0n) is 10.9. The molecule has 7 heteroatoms. The minimum absolute atomic E-state index is 0.0723. The van der Waals surface area contributed by atoms with Crippen LogP contribution in [0.4, 0.5) is 0 Å². The van der Waals surface area contributed by atoms with Crippen LogP contribution in [0.15, 0.2) is 32.2 Å². The largest absolute Gasteiger partial charge is 0.419 e. The van der Waals surface area contributed by atoms with E-state index in [1.165, 1.54) is 12.1 Å². The number of aromatic amines is 1. The van der Waals surface area contributed by atoms with Gasteiger partial charge in [-0.05, 0) is 31.6 Å². The molecule has 4 N–H and O–H groups in total. The molecule has 1 aromatic carbocycles. The molecular formula is C13H16N2O5. The van der Waals surface area contributed by atoms with Crippen molar-refractivity contribution in [1.29, 1.82) is 0 Å². The lowest BCUT2D eigenvalue weighted by molar-refractivity contribution is 0.0148. The van der Waals surface area contributed by atoms with E-state index in [9.17, 15) is 19.8 Å². The molecule has 0 bridgehead atoms. The van der Waals surface area contributed by atoms with E-state index in [2.05, 4.69) is 14.7 Å². The lowest BCUT2D eigenvalue weighted by Crippen LogP contribution is -2.25. The van der Waals surface area contributed by atoms with Gasteiger partial charge in [-0.3, -0.25) is 4.98 Å². The summed E-state index contributed by atoms with van der Waals surface area (Å²) in [5, 5.41) is 23.0. The molecule has 0 radical (unpaired) electrons. The maximum Gasteiger partial charge on any atom is 0.419 e. The van der Waals surface area contributed by atoms with Crippen molar-refractivity contribution in [2.75, 3.05) is 13.6 Å². The molecule has 1 aromatic heterocycles. The number of aromatic nitrogens is 1. The van der Waals surface area contributed by atoms with E-state index in [0.717, 1.165) is 0 Å². The van der Waals surface area contributed by atoms with Gasteiger partial charge >= 0.3 is 11.4 Å². The summed E-state index contributed by atoms with van der Waals surface area (Å²) in [5.74, 6) is -0.857. The summed E-state index contributed by atoms with van der Waals surface area (Å²) in [4.78, 5) is 25.3. The number of aliphatic hydroxyl groups is 2. The van der Waals surface area contributed by atoms with Crippen LogP contribution in [0.1, 0.15) is 18.1 Å². The maximum atomic E-state index is 11.8. The first-order valence-electron chi connectivity index (χ1n) is 6.21. The molecule has 7 nitrogen and oxygen atoms in total.